The van der Waals surface area contributed by atoms with E-state index in [2.05, 4.69) is 32.9 Å². The van der Waals surface area contributed by atoms with E-state index in [-0.39, 0.29) is 6.04 Å². The fraction of sp³-hybridized carbons (Fsp3) is 0.0769. The molecule has 0 fully saturated rings. The SMILES string of the molecule is C1=C(c2cccs2)Nc2ncnn2[C@H]1c1ccco1. The van der Waals surface area contributed by atoms with Crippen molar-refractivity contribution >= 4 is 23.0 Å². The first-order valence-corrected chi connectivity index (χ1v) is 6.75. The summed E-state index contributed by atoms with van der Waals surface area (Å²) in [4.78, 5) is 5.41. The van der Waals surface area contributed by atoms with Gasteiger partial charge in [-0.1, -0.05) is 6.07 Å². The van der Waals surface area contributed by atoms with E-state index in [1.807, 2.05) is 22.9 Å². The topological polar surface area (TPSA) is 55.9 Å². The second-order valence-electron chi connectivity index (χ2n) is 4.17. The lowest BCUT2D eigenvalue weighted by molar-refractivity contribution is 0.448. The number of fused-ring (bicyclic) bond motifs is 1. The van der Waals surface area contributed by atoms with Gasteiger partial charge in [-0.3, -0.25) is 0 Å². The summed E-state index contributed by atoms with van der Waals surface area (Å²) in [6, 6.07) is 7.88. The van der Waals surface area contributed by atoms with E-state index >= 15 is 0 Å². The number of rotatable bonds is 2. The van der Waals surface area contributed by atoms with Crippen molar-refractivity contribution in [3.05, 3.63) is 58.9 Å². The van der Waals surface area contributed by atoms with Gasteiger partial charge in [0.2, 0.25) is 5.95 Å². The second-order valence-corrected chi connectivity index (χ2v) is 5.12. The second kappa shape index (κ2) is 4.10. The number of aromatic nitrogens is 3. The predicted molar refractivity (Wildman–Crippen MR) is 72.8 cm³/mol. The molecule has 0 saturated carbocycles. The zero-order chi connectivity index (χ0) is 12.7. The number of anilines is 1. The standard InChI is InChI=1S/C13H10N4OS/c1-3-11(18-5-1)10-7-9(12-4-2-6-19-12)16-13-14-8-15-17(10)13/h1-8,10H,(H,14,15,16)/t10-/m1/s1. The van der Waals surface area contributed by atoms with Crippen molar-refractivity contribution in [3.63, 3.8) is 0 Å². The van der Waals surface area contributed by atoms with E-state index < -0.39 is 0 Å². The lowest BCUT2D eigenvalue weighted by Crippen LogP contribution is -2.19. The van der Waals surface area contributed by atoms with Gasteiger partial charge in [0.1, 0.15) is 18.1 Å². The molecule has 0 aliphatic carbocycles. The molecule has 19 heavy (non-hydrogen) atoms. The molecule has 4 rings (SSSR count). The molecular formula is C13H10N4OS. The average molecular weight is 270 g/mol. The number of nitrogens with one attached hydrogen (secondary N) is 1. The van der Waals surface area contributed by atoms with Crippen molar-refractivity contribution in [2.24, 2.45) is 0 Å². The molecule has 1 N–H and O–H groups in total. The van der Waals surface area contributed by atoms with Gasteiger partial charge in [-0.25, -0.2) is 4.68 Å². The summed E-state index contributed by atoms with van der Waals surface area (Å²) in [6.07, 6.45) is 5.32. The number of thiophene rings is 1. The van der Waals surface area contributed by atoms with E-state index in [4.69, 9.17) is 4.42 Å². The summed E-state index contributed by atoms with van der Waals surface area (Å²) >= 11 is 1.69. The molecule has 0 saturated heterocycles. The van der Waals surface area contributed by atoms with Crippen molar-refractivity contribution in [3.8, 4) is 0 Å². The Labute approximate surface area is 113 Å². The molecule has 94 valence electrons. The Kier molecular flexibility index (Phi) is 2.28. The third kappa shape index (κ3) is 1.68. The summed E-state index contributed by atoms with van der Waals surface area (Å²) in [5.74, 6) is 1.58. The van der Waals surface area contributed by atoms with Gasteiger partial charge >= 0.3 is 0 Å². The zero-order valence-corrected chi connectivity index (χ0v) is 10.7. The quantitative estimate of drug-likeness (QED) is 0.777. The maximum Gasteiger partial charge on any atom is 0.226 e. The van der Waals surface area contributed by atoms with Gasteiger partial charge < -0.3 is 9.73 Å². The zero-order valence-electron chi connectivity index (χ0n) is 9.85. The summed E-state index contributed by atoms with van der Waals surface area (Å²) in [6.45, 7) is 0. The van der Waals surface area contributed by atoms with Gasteiger partial charge in [0.25, 0.3) is 0 Å². The van der Waals surface area contributed by atoms with Crippen LogP contribution in [0.5, 0.6) is 0 Å². The van der Waals surface area contributed by atoms with Crippen molar-refractivity contribution < 1.29 is 4.42 Å². The summed E-state index contributed by atoms with van der Waals surface area (Å²) in [5, 5.41) is 9.60. The molecular weight excluding hydrogens is 260 g/mol. The summed E-state index contributed by atoms with van der Waals surface area (Å²) in [5.41, 5.74) is 1.04. The Bertz CT molecular complexity index is 712. The van der Waals surface area contributed by atoms with Gasteiger partial charge in [0.05, 0.1) is 16.8 Å². The van der Waals surface area contributed by atoms with Crippen LogP contribution in [0.25, 0.3) is 5.70 Å². The van der Waals surface area contributed by atoms with E-state index in [0.717, 1.165) is 17.4 Å². The number of hydrogen-bond donors (Lipinski definition) is 1. The molecule has 0 spiro atoms. The fourth-order valence-corrected chi connectivity index (χ4v) is 2.88. The Balaban J connectivity index is 1.84. The molecule has 5 nitrogen and oxygen atoms in total. The van der Waals surface area contributed by atoms with Crippen LogP contribution in [0, 0.1) is 0 Å². The first-order valence-electron chi connectivity index (χ1n) is 5.87. The highest BCUT2D eigenvalue weighted by molar-refractivity contribution is 7.11. The van der Waals surface area contributed by atoms with Crippen molar-refractivity contribution in [1.82, 2.24) is 14.8 Å². The Morgan fingerprint density at radius 2 is 2.32 bits per heavy atom. The molecule has 3 aromatic rings. The minimum absolute atomic E-state index is 0.0640. The van der Waals surface area contributed by atoms with Gasteiger partial charge in [-0.05, 0) is 29.7 Å². The molecule has 1 aliphatic heterocycles. The van der Waals surface area contributed by atoms with Crippen LogP contribution in [0.15, 0.2) is 52.7 Å². The van der Waals surface area contributed by atoms with Gasteiger partial charge in [0.15, 0.2) is 0 Å². The number of nitrogens with zero attached hydrogens (tertiary/aromatic N) is 3. The van der Waals surface area contributed by atoms with E-state index in [0.29, 0.717) is 0 Å². The number of hydrogen-bond acceptors (Lipinski definition) is 5. The largest absolute Gasteiger partial charge is 0.467 e. The number of furan rings is 1. The third-order valence-corrected chi connectivity index (χ3v) is 3.93. The van der Waals surface area contributed by atoms with Crippen LogP contribution < -0.4 is 5.32 Å². The highest BCUT2D eigenvalue weighted by Gasteiger charge is 2.25. The first-order chi connectivity index (χ1) is 9.42. The van der Waals surface area contributed by atoms with E-state index in [1.165, 1.54) is 4.88 Å². The molecule has 0 radical (unpaired) electrons. The van der Waals surface area contributed by atoms with Gasteiger partial charge in [-0.2, -0.15) is 10.1 Å². The molecule has 4 heterocycles. The molecule has 1 aliphatic rings. The van der Waals surface area contributed by atoms with Crippen LogP contribution in [0.2, 0.25) is 0 Å². The average Bonchev–Trinajstić information content (AvgIpc) is 3.18. The smallest absolute Gasteiger partial charge is 0.226 e. The van der Waals surface area contributed by atoms with Crippen LogP contribution in [-0.4, -0.2) is 14.8 Å². The Morgan fingerprint density at radius 3 is 3.11 bits per heavy atom. The molecule has 0 aromatic carbocycles. The normalized spacial score (nSPS) is 17.7. The van der Waals surface area contributed by atoms with Crippen LogP contribution in [0.1, 0.15) is 16.7 Å². The minimum atomic E-state index is -0.0640. The lowest BCUT2D eigenvalue weighted by atomic mass is 10.1. The molecule has 1 atom stereocenters. The van der Waals surface area contributed by atoms with Crippen molar-refractivity contribution in [2.75, 3.05) is 5.32 Å². The molecule has 0 bridgehead atoms. The molecule has 0 unspecified atom stereocenters. The Morgan fingerprint density at radius 1 is 1.32 bits per heavy atom. The molecule has 3 aromatic heterocycles. The monoisotopic (exact) mass is 270 g/mol. The van der Waals surface area contributed by atoms with Crippen molar-refractivity contribution in [2.45, 2.75) is 6.04 Å². The summed E-state index contributed by atoms with van der Waals surface area (Å²) in [7, 11) is 0. The van der Waals surface area contributed by atoms with Crippen LogP contribution in [0.3, 0.4) is 0 Å². The van der Waals surface area contributed by atoms with E-state index in [1.54, 1.807) is 23.9 Å². The predicted octanol–water partition coefficient (Wildman–Crippen LogP) is 2.99. The van der Waals surface area contributed by atoms with Crippen LogP contribution in [0.4, 0.5) is 5.95 Å². The highest BCUT2D eigenvalue weighted by Crippen LogP contribution is 2.33. The Hall–Kier alpha value is -2.34. The maximum atomic E-state index is 5.51. The van der Waals surface area contributed by atoms with Crippen LogP contribution >= 0.6 is 11.3 Å². The lowest BCUT2D eigenvalue weighted by Gasteiger charge is -2.21. The first kappa shape index (κ1) is 10.6. The highest BCUT2D eigenvalue weighted by atomic mass is 32.1. The summed E-state index contributed by atoms with van der Waals surface area (Å²) < 4.78 is 7.32. The fourth-order valence-electron chi connectivity index (χ4n) is 2.17. The minimum Gasteiger partial charge on any atom is -0.467 e. The van der Waals surface area contributed by atoms with E-state index in [9.17, 15) is 0 Å². The third-order valence-electron chi connectivity index (χ3n) is 3.03. The molecule has 6 heteroatoms. The van der Waals surface area contributed by atoms with Gasteiger partial charge in [-0.15, -0.1) is 11.3 Å². The van der Waals surface area contributed by atoms with Gasteiger partial charge in [0, 0.05) is 0 Å². The maximum absolute atomic E-state index is 5.51. The van der Waals surface area contributed by atoms with Crippen molar-refractivity contribution in [1.29, 1.82) is 0 Å². The number of allylic oxidation sites excluding steroid dienone is 1. The van der Waals surface area contributed by atoms with Crippen LogP contribution in [-0.2, 0) is 0 Å². The molecule has 0 amide bonds.